The lowest BCUT2D eigenvalue weighted by Crippen LogP contribution is -2.17. The zero-order chi connectivity index (χ0) is 11.4. The van der Waals surface area contributed by atoms with E-state index in [0.717, 1.165) is 0 Å². The lowest BCUT2D eigenvalue weighted by Gasteiger charge is -2.03. The van der Waals surface area contributed by atoms with Crippen LogP contribution < -0.4 is 5.73 Å². The molecule has 1 atom stereocenters. The Balaban J connectivity index is 2.72. The molecule has 1 rings (SSSR count). The molecule has 0 spiro atoms. The number of hydrogen-bond acceptors (Lipinski definition) is 2. The molecule has 3 N–H and O–H groups in total. The number of aliphatic carboxylic acids is 1. The fourth-order valence-electron chi connectivity index (χ4n) is 1.10. The Hall–Kier alpha value is -1.91. The van der Waals surface area contributed by atoms with Gasteiger partial charge in [0.1, 0.15) is 0 Å². The van der Waals surface area contributed by atoms with Crippen LogP contribution in [0, 0.1) is 0 Å². The maximum Gasteiger partial charge on any atom is 0.338 e. The van der Waals surface area contributed by atoms with Crippen LogP contribution in [0.25, 0.3) is 0 Å². The van der Waals surface area contributed by atoms with Gasteiger partial charge in [-0.3, -0.25) is 4.79 Å². The summed E-state index contributed by atoms with van der Waals surface area (Å²) in [5.41, 5.74) is 5.83. The number of carbonyl (C=O) groups is 2. The Labute approximate surface area is 85.5 Å². The molecule has 0 saturated carbocycles. The molecule has 1 unspecified atom stereocenters. The number of carboxylic acid groups (broad SMARTS) is 1. The smallest absolute Gasteiger partial charge is 0.338 e. The molecule has 0 heterocycles. The van der Waals surface area contributed by atoms with Crippen molar-refractivity contribution in [2.24, 2.45) is 5.73 Å². The first-order valence-corrected chi connectivity index (χ1v) is 4.26. The molecule has 0 aliphatic rings. The number of amides is 1. The van der Waals surface area contributed by atoms with Gasteiger partial charge in [-0.25, -0.2) is 9.18 Å². The summed E-state index contributed by atoms with van der Waals surface area (Å²) in [5, 5.41) is 8.34. The lowest BCUT2D eigenvalue weighted by atomic mass is 10.1. The van der Waals surface area contributed by atoms with Gasteiger partial charge >= 0.3 is 5.97 Å². The molecule has 1 aromatic rings. The van der Waals surface area contributed by atoms with Crippen molar-refractivity contribution in [2.45, 2.75) is 12.6 Å². The number of carbonyl (C=O) groups excluding carboxylic acids is 1. The van der Waals surface area contributed by atoms with Crippen molar-refractivity contribution in [1.82, 2.24) is 0 Å². The summed E-state index contributed by atoms with van der Waals surface area (Å²) in [6.45, 7) is 0. The Bertz CT molecular complexity index is 375. The van der Waals surface area contributed by atoms with Gasteiger partial charge in [0.2, 0.25) is 12.1 Å². The number of halogens is 1. The minimum atomic E-state index is -1.93. The maximum absolute atomic E-state index is 12.8. The van der Waals surface area contributed by atoms with Crippen LogP contribution in [-0.2, 0) is 11.2 Å². The van der Waals surface area contributed by atoms with Crippen molar-refractivity contribution in [3.05, 3.63) is 35.4 Å². The Morgan fingerprint density at radius 2 is 1.87 bits per heavy atom. The average Bonchev–Trinajstić information content (AvgIpc) is 2.18. The number of hydrogen-bond donors (Lipinski definition) is 2. The van der Waals surface area contributed by atoms with Crippen molar-refractivity contribution in [3.8, 4) is 0 Å². The number of rotatable bonds is 4. The maximum atomic E-state index is 12.8. The number of carboxylic acids is 1. The number of primary amides is 1. The molecule has 0 bridgehead atoms. The first kappa shape index (κ1) is 11.2. The van der Waals surface area contributed by atoms with Crippen molar-refractivity contribution < 1.29 is 19.1 Å². The molecule has 0 aliphatic carbocycles. The van der Waals surface area contributed by atoms with Crippen molar-refractivity contribution >= 4 is 11.9 Å². The third kappa shape index (κ3) is 3.05. The fourth-order valence-corrected chi connectivity index (χ4v) is 1.10. The molecule has 0 aromatic heterocycles. The van der Waals surface area contributed by atoms with Gasteiger partial charge < -0.3 is 10.8 Å². The summed E-state index contributed by atoms with van der Waals surface area (Å²) in [4.78, 5) is 20.9. The van der Waals surface area contributed by atoms with E-state index < -0.39 is 18.0 Å². The van der Waals surface area contributed by atoms with E-state index >= 15 is 0 Å². The number of benzene rings is 1. The third-order valence-electron chi connectivity index (χ3n) is 1.92. The second-order valence-corrected chi connectivity index (χ2v) is 3.07. The molecular formula is C10H10FNO3. The van der Waals surface area contributed by atoms with Crippen LogP contribution in [0.15, 0.2) is 24.3 Å². The van der Waals surface area contributed by atoms with Gasteiger partial charge in [-0.2, -0.15) is 0 Å². The normalized spacial score (nSPS) is 12.1. The van der Waals surface area contributed by atoms with E-state index in [-0.39, 0.29) is 6.42 Å². The minimum absolute atomic E-state index is 0.214. The van der Waals surface area contributed by atoms with E-state index in [4.69, 9.17) is 10.8 Å². The second kappa shape index (κ2) is 4.54. The van der Waals surface area contributed by atoms with E-state index in [1.54, 1.807) is 0 Å². The van der Waals surface area contributed by atoms with Gasteiger partial charge in [0, 0.05) is 12.0 Å². The summed E-state index contributed by atoms with van der Waals surface area (Å²) in [6.07, 6.45) is -2.14. The van der Waals surface area contributed by atoms with Crippen LogP contribution in [0.3, 0.4) is 0 Å². The molecular weight excluding hydrogens is 201 g/mol. The van der Waals surface area contributed by atoms with E-state index in [9.17, 15) is 14.0 Å². The average molecular weight is 211 g/mol. The van der Waals surface area contributed by atoms with E-state index in [1.807, 2.05) is 0 Å². The molecule has 80 valence electrons. The van der Waals surface area contributed by atoms with E-state index in [0.29, 0.717) is 11.1 Å². The van der Waals surface area contributed by atoms with Gasteiger partial charge in [-0.1, -0.05) is 12.1 Å². The van der Waals surface area contributed by atoms with E-state index in [1.165, 1.54) is 24.3 Å². The van der Waals surface area contributed by atoms with Crippen LogP contribution in [0.2, 0.25) is 0 Å². The van der Waals surface area contributed by atoms with Gasteiger partial charge in [0.15, 0.2) is 0 Å². The number of alkyl halides is 1. The van der Waals surface area contributed by atoms with Crippen LogP contribution in [0.1, 0.15) is 15.9 Å². The summed E-state index contributed by atoms with van der Waals surface area (Å²) in [7, 11) is 0. The molecule has 4 nitrogen and oxygen atoms in total. The molecule has 0 aliphatic heterocycles. The Morgan fingerprint density at radius 3 is 2.27 bits per heavy atom. The van der Waals surface area contributed by atoms with Crippen LogP contribution in [0.4, 0.5) is 4.39 Å². The van der Waals surface area contributed by atoms with Crippen LogP contribution >= 0.6 is 0 Å². The molecule has 1 amide bonds. The van der Waals surface area contributed by atoms with Crippen molar-refractivity contribution in [1.29, 1.82) is 0 Å². The summed E-state index contributed by atoms with van der Waals surface area (Å²) < 4.78 is 12.8. The summed E-state index contributed by atoms with van der Waals surface area (Å²) in [6, 6.07) is 5.84. The quantitative estimate of drug-likeness (QED) is 0.771. The highest BCUT2D eigenvalue weighted by atomic mass is 19.1. The molecule has 1 aromatic carbocycles. The van der Waals surface area contributed by atoms with Gasteiger partial charge in [-0.15, -0.1) is 0 Å². The fraction of sp³-hybridized carbons (Fsp3) is 0.200. The van der Waals surface area contributed by atoms with Gasteiger partial charge in [0.05, 0.1) is 0 Å². The predicted octanol–water partition coefficient (Wildman–Crippen LogP) is 0.751. The molecule has 0 fully saturated rings. The predicted molar refractivity (Wildman–Crippen MR) is 51.2 cm³/mol. The topological polar surface area (TPSA) is 80.4 Å². The zero-order valence-electron chi connectivity index (χ0n) is 7.81. The van der Waals surface area contributed by atoms with Crippen molar-refractivity contribution in [2.75, 3.05) is 0 Å². The third-order valence-corrected chi connectivity index (χ3v) is 1.92. The highest BCUT2D eigenvalue weighted by molar-refractivity contribution is 5.92. The van der Waals surface area contributed by atoms with Gasteiger partial charge in [-0.05, 0) is 17.7 Å². The minimum Gasteiger partial charge on any atom is -0.479 e. The Morgan fingerprint density at radius 1 is 1.33 bits per heavy atom. The van der Waals surface area contributed by atoms with Gasteiger partial charge in [0.25, 0.3) is 0 Å². The monoisotopic (exact) mass is 211 g/mol. The van der Waals surface area contributed by atoms with Crippen LogP contribution in [-0.4, -0.2) is 23.2 Å². The highest BCUT2D eigenvalue weighted by Crippen LogP contribution is 2.08. The largest absolute Gasteiger partial charge is 0.479 e. The first-order chi connectivity index (χ1) is 7.00. The molecule has 5 heteroatoms. The standard InChI is InChI=1S/C10H10FNO3/c11-8(10(14)15)5-6-1-3-7(4-2-6)9(12)13/h1-4,8H,5H2,(H2,12,13)(H,14,15). The lowest BCUT2D eigenvalue weighted by molar-refractivity contribution is -0.142. The Kier molecular flexibility index (Phi) is 3.38. The SMILES string of the molecule is NC(=O)c1ccc(CC(F)C(=O)O)cc1. The second-order valence-electron chi connectivity index (χ2n) is 3.07. The molecule has 15 heavy (non-hydrogen) atoms. The first-order valence-electron chi connectivity index (χ1n) is 4.26. The van der Waals surface area contributed by atoms with E-state index in [2.05, 4.69) is 0 Å². The summed E-state index contributed by atoms with van der Waals surface area (Å²) >= 11 is 0. The molecule has 0 radical (unpaired) electrons. The number of nitrogens with two attached hydrogens (primary N) is 1. The highest BCUT2D eigenvalue weighted by Gasteiger charge is 2.15. The van der Waals surface area contributed by atoms with Crippen LogP contribution in [0.5, 0.6) is 0 Å². The zero-order valence-corrected chi connectivity index (χ0v) is 7.81. The molecule has 0 saturated heterocycles. The summed E-state index contributed by atoms with van der Waals surface area (Å²) in [5.74, 6) is -2.06. The van der Waals surface area contributed by atoms with Crippen molar-refractivity contribution in [3.63, 3.8) is 0 Å².